The molecule has 1 fully saturated rings. The molecule has 2 N–H and O–H groups in total. The van der Waals surface area contributed by atoms with Crippen LogP contribution >= 0.6 is 0 Å². The molecule has 1 aliphatic rings. The third kappa shape index (κ3) is 16.4. The minimum absolute atomic E-state index is 0.0556. The fourth-order valence-corrected chi connectivity index (χ4v) is 2.85. The fraction of sp³-hybridized carbons (Fsp3) is 0.783. The van der Waals surface area contributed by atoms with Crippen LogP contribution in [0.4, 0.5) is 0 Å². The lowest BCUT2D eigenvalue weighted by molar-refractivity contribution is -0.132. The average molecular weight is 442 g/mol. The largest absolute Gasteiger partial charge is 0.350 e. The van der Waals surface area contributed by atoms with Crippen LogP contribution in [0.5, 0.6) is 0 Å². The summed E-state index contributed by atoms with van der Waals surface area (Å²) < 4.78 is 0. The van der Waals surface area contributed by atoms with E-state index in [9.17, 15) is 14.4 Å². The Morgan fingerprint density at radius 1 is 1.06 bits per heavy atom. The normalized spacial score (nSPS) is 15.1. The van der Waals surface area contributed by atoms with E-state index < -0.39 is 0 Å². The highest BCUT2D eigenvalue weighted by Gasteiger charge is 2.22. The van der Waals surface area contributed by atoms with Crippen molar-refractivity contribution in [3.8, 4) is 0 Å². The first-order chi connectivity index (χ1) is 14.5. The summed E-state index contributed by atoms with van der Waals surface area (Å²) in [6, 6.07) is -0.223. The second-order valence-electron chi connectivity index (χ2n) is 8.49. The van der Waals surface area contributed by atoms with Crippen LogP contribution in [-0.4, -0.2) is 86.9 Å². The molecule has 3 amide bonds. The first kappa shape index (κ1) is 31.3. The highest BCUT2D eigenvalue weighted by atomic mass is 16.2. The van der Waals surface area contributed by atoms with Gasteiger partial charge in [-0.05, 0) is 45.8 Å². The van der Waals surface area contributed by atoms with Crippen molar-refractivity contribution in [2.24, 2.45) is 5.92 Å². The molecule has 0 aromatic carbocycles. The van der Waals surface area contributed by atoms with E-state index in [1.54, 1.807) is 39.2 Å². The molecule has 1 aliphatic heterocycles. The molecule has 0 radical (unpaired) electrons. The molecule has 0 aliphatic carbocycles. The Bertz CT molecular complexity index is 529. The van der Waals surface area contributed by atoms with Crippen LogP contribution in [0.2, 0.25) is 0 Å². The zero-order valence-corrected chi connectivity index (χ0v) is 21.3. The second kappa shape index (κ2) is 18.8. The number of carbonyl (C=O) groups excluding carboxylic acids is 3. The second-order valence-corrected chi connectivity index (χ2v) is 8.49. The summed E-state index contributed by atoms with van der Waals surface area (Å²) >= 11 is 0. The Hall–Kier alpha value is -1.93. The van der Waals surface area contributed by atoms with Crippen molar-refractivity contribution < 1.29 is 14.4 Å². The number of nitrogens with zero attached hydrogens (tertiary/aromatic N) is 3. The van der Waals surface area contributed by atoms with E-state index in [2.05, 4.69) is 36.5 Å². The van der Waals surface area contributed by atoms with Gasteiger partial charge in [-0.2, -0.15) is 0 Å². The molecule has 182 valence electrons. The van der Waals surface area contributed by atoms with Crippen molar-refractivity contribution in [3.63, 3.8) is 0 Å². The molecular formula is C23H47N5O3. The topological polar surface area (TPSA) is 85.0 Å². The van der Waals surface area contributed by atoms with Crippen molar-refractivity contribution in [1.29, 1.82) is 0 Å². The molecule has 0 aromatic rings. The van der Waals surface area contributed by atoms with Gasteiger partial charge in [-0.3, -0.25) is 19.8 Å². The Morgan fingerprint density at radius 2 is 1.58 bits per heavy atom. The summed E-state index contributed by atoms with van der Waals surface area (Å²) in [4.78, 5) is 38.0. The van der Waals surface area contributed by atoms with E-state index >= 15 is 0 Å². The molecule has 0 unspecified atom stereocenters. The summed E-state index contributed by atoms with van der Waals surface area (Å²) in [5, 5.41) is 3.91. The van der Waals surface area contributed by atoms with Gasteiger partial charge in [0.25, 0.3) is 5.91 Å². The fourth-order valence-electron chi connectivity index (χ4n) is 2.85. The minimum Gasteiger partial charge on any atom is -0.350 e. The quantitative estimate of drug-likeness (QED) is 0.343. The Kier molecular flexibility index (Phi) is 19.0. The van der Waals surface area contributed by atoms with E-state index in [1.165, 1.54) is 43.7 Å². The number of hydrogen-bond acceptors (Lipinski definition) is 5. The van der Waals surface area contributed by atoms with Gasteiger partial charge in [-0.15, -0.1) is 0 Å². The summed E-state index contributed by atoms with van der Waals surface area (Å²) in [6.45, 7) is 12.5. The van der Waals surface area contributed by atoms with Gasteiger partial charge in [0.2, 0.25) is 12.3 Å². The van der Waals surface area contributed by atoms with Crippen molar-refractivity contribution >= 4 is 18.2 Å². The van der Waals surface area contributed by atoms with Crippen LogP contribution in [0, 0.1) is 5.92 Å². The smallest absolute Gasteiger partial charge is 0.260 e. The number of likely N-dealkylation sites (N-methyl/N-ethyl adjacent to an activating group) is 1. The van der Waals surface area contributed by atoms with Gasteiger partial charge in [0.1, 0.15) is 0 Å². The van der Waals surface area contributed by atoms with E-state index in [1.807, 2.05) is 13.8 Å². The molecule has 8 nitrogen and oxygen atoms in total. The van der Waals surface area contributed by atoms with Gasteiger partial charge in [0.15, 0.2) is 0 Å². The molecule has 1 atom stereocenters. The van der Waals surface area contributed by atoms with Crippen LogP contribution in [-0.2, 0) is 14.4 Å². The van der Waals surface area contributed by atoms with Gasteiger partial charge >= 0.3 is 0 Å². The predicted molar refractivity (Wildman–Crippen MR) is 128 cm³/mol. The first-order valence-corrected chi connectivity index (χ1v) is 11.3. The average Bonchev–Trinajstić information content (AvgIpc) is 2.70. The third-order valence-electron chi connectivity index (χ3n) is 4.54. The number of piperidine rings is 1. The number of rotatable bonds is 8. The standard InChI is InChI=1S/C14H26N4O3.C6H13N.C3H8/c1-10(2)12(18(6)13(20)8-15-9-19)7-11(3)14(21)16-17(4)5;1-7-5-3-2-4-6-7;1-3-2/h7,9-10,12H,8H2,1-6H3,(H,15,19)(H,16,21);2-6H2,1H3;3H2,1-2H3/b11-7+;;/t12-;;/m1../s1. The zero-order chi connectivity index (χ0) is 24.4. The molecule has 1 saturated heterocycles. The van der Waals surface area contributed by atoms with Gasteiger partial charge in [0.05, 0.1) is 12.6 Å². The zero-order valence-electron chi connectivity index (χ0n) is 21.3. The Morgan fingerprint density at radius 3 is 1.94 bits per heavy atom. The Labute approximate surface area is 190 Å². The lowest BCUT2D eigenvalue weighted by Gasteiger charge is -2.29. The summed E-state index contributed by atoms with van der Waals surface area (Å²) in [7, 11) is 7.31. The van der Waals surface area contributed by atoms with E-state index in [4.69, 9.17) is 0 Å². The van der Waals surface area contributed by atoms with Crippen molar-refractivity contribution in [2.45, 2.75) is 66.3 Å². The lowest BCUT2D eigenvalue weighted by Crippen LogP contribution is -2.44. The maximum Gasteiger partial charge on any atom is 0.260 e. The molecule has 0 aromatic heterocycles. The number of hydrogen-bond donors (Lipinski definition) is 2. The maximum atomic E-state index is 11.9. The minimum atomic E-state index is -0.223. The summed E-state index contributed by atoms with van der Waals surface area (Å²) in [6.07, 6.45) is 7.78. The van der Waals surface area contributed by atoms with Gasteiger partial charge in [-0.25, -0.2) is 5.01 Å². The molecule has 31 heavy (non-hydrogen) atoms. The highest BCUT2D eigenvalue weighted by Crippen LogP contribution is 2.13. The highest BCUT2D eigenvalue weighted by molar-refractivity contribution is 5.92. The number of amides is 3. The molecule has 1 rings (SSSR count). The molecule has 0 spiro atoms. The van der Waals surface area contributed by atoms with Crippen LogP contribution in [0.25, 0.3) is 0 Å². The number of likely N-dealkylation sites (tertiary alicyclic amines) is 1. The Balaban J connectivity index is 0. The van der Waals surface area contributed by atoms with Crippen molar-refractivity contribution in [2.75, 3.05) is 47.8 Å². The van der Waals surface area contributed by atoms with Crippen LogP contribution < -0.4 is 10.7 Å². The van der Waals surface area contributed by atoms with E-state index in [0.717, 1.165) is 0 Å². The van der Waals surface area contributed by atoms with Crippen LogP contribution in [0.1, 0.15) is 60.3 Å². The van der Waals surface area contributed by atoms with Gasteiger partial charge in [-0.1, -0.05) is 46.6 Å². The van der Waals surface area contributed by atoms with Crippen molar-refractivity contribution in [3.05, 3.63) is 11.6 Å². The lowest BCUT2D eigenvalue weighted by atomic mass is 10.00. The number of carbonyl (C=O) groups is 3. The maximum absolute atomic E-state index is 11.9. The molecule has 0 saturated carbocycles. The summed E-state index contributed by atoms with van der Waals surface area (Å²) in [5.41, 5.74) is 3.19. The molecule has 1 heterocycles. The van der Waals surface area contributed by atoms with Crippen LogP contribution in [0.3, 0.4) is 0 Å². The number of nitrogens with one attached hydrogen (secondary N) is 2. The molecule has 8 heteroatoms. The first-order valence-electron chi connectivity index (χ1n) is 11.3. The van der Waals surface area contributed by atoms with Gasteiger partial charge in [0, 0.05) is 26.7 Å². The molecule has 0 bridgehead atoms. The van der Waals surface area contributed by atoms with E-state index in [0.29, 0.717) is 12.0 Å². The summed E-state index contributed by atoms with van der Waals surface area (Å²) in [5.74, 6) is -0.285. The van der Waals surface area contributed by atoms with Crippen LogP contribution in [0.15, 0.2) is 11.6 Å². The molecular weight excluding hydrogens is 394 g/mol. The number of hydrazine groups is 1. The SMILES string of the molecule is C/C(=C\[C@H](C(C)C)N(C)C(=O)CNC=O)C(=O)NN(C)C.CCC.CN1CCCCC1. The van der Waals surface area contributed by atoms with Gasteiger partial charge < -0.3 is 15.1 Å². The third-order valence-corrected chi connectivity index (χ3v) is 4.54. The van der Waals surface area contributed by atoms with E-state index in [-0.39, 0.29) is 30.3 Å². The predicted octanol–water partition coefficient (Wildman–Crippen LogP) is 2.27. The monoisotopic (exact) mass is 441 g/mol. The van der Waals surface area contributed by atoms with Crippen molar-refractivity contribution in [1.82, 2.24) is 25.6 Å².